The maximum absolute atomic E-state index is 12.4. The van der Waals surface area contributed by atoms with Gasteiger partial charge in [0.25, 0.3) is 5.56 Å². The Kier molecular flexibility index (Phi) is 5.40. The summed E-state index contributed by atoms with van der Waals surface area (Å²) in [4.78, 5) is 23.7. The zero-order valence-corrected chi connectivity index (χ0v) is 15.9. The Bertz CT molecular complexity index is 1090. The fourth-order valence-corrected chi connectivity index (χ4v) is 3.56. The van der Waals surface area contributed by atoms with Gasteiger partial charge in [-0.25, -0.2) is 10.1 Å². The van der Waals surface area contributed by atoms with Crippen molar-refractivity contribution in [3.63, 3.8) is 0 Å². The number of aliphatic hydroxyl groups is 1. The lowest BCUT2D eigenvalue weighted by Gasteiger charge is -2.31. The highest BCUT2D eigenvalue weighted by Crippen LogP contribution is 2.27. The van der Waals surface area contributed by atoms with Crippen LogP contribution in [0.2, 0.25) is 0 Å². The monoisotopic (exact) mass is 390 g/mol. The Morgan fingerprint density at radius 2 is 2.00 bits per heavy atom. The van der Waals surface area contributed by atoms with Crippen LogP contribution in [0.15, 0.2) is 35.3 Å². The van der Waals surface area contributed by atoms with Crippen molar-refractivity contribution < 1.29 is 5.11 Å². The van der Waals surface area contributed by atoms with Crippen LogP contribution in [-0.4, -0.2) is 38.4 Å². The molecule has 1 saturated heterocycles. The molecule has 0 radical (unpaired) electrons. The third-order valence-electron chi connectivity index (χ3n) is 5.21. The lowest BCUT2D eigenvalue weighted by molar-refractivity contribution is 0.282. The first-order valence-corrected chi connectivity index (χ1v) is 9.58. The van der Waals surface area contributed by atoms with E-state index in [9.17, 15) is 9.90 Å². The quantitative estimate of drug-likeness (QED) is 0.573. The molecule has 8 nitrogen and oxygen atoms in total. The third-order valence-corrected chi connectivity index (χ3v) is 5.21. The molecule has 8 heteroatoms. The van der Waals surface area contributed by atoms with Crippen LogP contribution in [0.5, 0.6) is 0 Å². The van der Waals surface area contributed by atoms with Gasteiger partial charge in [0.1, 0.15) is 16.7 Å². The first-order chi connectivity index (χ1) is 14.2. The Balaban J connectivity index is 1.68. The van der Waals surface area contributed by atoms with Gasteiger partial charge in [0, 0.05) is 25.2 Å². The van der Waals surface area contributed by atoms with Crippen LogP contribution >= 0.6 is 0 Å². The van der Waals surface area contributed by atoms with E-state index in [0.717, 1.165) is 43.6 Å². The molecule has 0 spiro atoms. The van der Waals surface area contributed by atoms with Gasteiger partial charge in [0.2, 0.25) is 5.95 Å². The number of rotatable bonds is 5. The second-order valence-corrected chi connectivity index (χ2v) is 7.15. The Labute approximate surface area is 168 Å². The maximum atomic E-state index is 12.4. The van der Waals surface area contributed by atoms with Crippen molar-refractivity contribution in [1.82, 2.24) is 20.2 Å². The molecule has 0 saturated carbocycles. The Hall–Kier alpha value is -3.44. The highest BCUT2D eigenvalue weighted by molar-refractivity contribution is 5.90. The molecule has 1 fully saturated rings. The topological polar surface area (TPSA) is 107 Å². The van der Waals surface area contributed by atoms with Crippen LogP contribution in [0, 0.1) is 18.3 Å². The van der Waals surface area contributed by atoms with E-state index in [1.54, 1.807) is 0 Å². The van der Waals surface area contributed by atoms with Gasteiger partial charge in [-0.15, -0.1) is 12.3 Å². The van der Waals surface area contributed by atoms with E-state index in [-0.39, 0.29) is 12.2 Å². The molecular formula is C21H22N6O2. The standard InChI is InChI=1S/C21H22N6O2/c1-2-3-14-8-10-27(11-9-14)21-24-17-12-22-26-20(29)18(17)19(25-21)23-16-6-4-15(13-28)5-7-16/h1,4-7,12,14,28H,3,8-11,13H2,(H,26,29)(H,23,24,25). The summed E-state index contributed by atoms with van der Waals surface area (Å²) in [5.41, 5.74) is 1.70. The van der Waals surface area contributed by atoms with Crippen molar-refractivity contribution in [2.45, 2.75) is 25.9 Å². The van der Waals surface area contributed by atoms with Gasteiger partial charge in [0.15, 0.2) is 0 Å². The number of fused-ring (bicyclic) bond motifs is 1. The molecule has 0 atom stereocenters. The smallest absolute Gasteiger partial charge is 0.277 e. The van der Waals surface area contributed by atoms with Gasteiger partial charge in [-0.2, -0.15) is 10.1 Å². The molecule has 2 aromatic heterocycles. The van der Waals surface area contributed by atoms with E-state index in [1.165, 1.54) is 6.20 Å². The molecule has 1 aliphatic rings. The molecule has 3 N–H and O–H groups in total. The number of hydrogen-bond acceptors (Lipinski definition) is 7. The summed E-state index contributed by atoms with van der Waals surface area (Å²) in [5.74, 6) is 4.27. The predicted molar refractivity (Wildman–Crippen MR) is 112 cm³/mol. The lowest BCUT2D eigenvalue weighted by atomic mass is 9.94. The average molecular weight is 390 g/mol. The molecular weight excluding hydrogens is 368 g/mol. The number of H-pyrrole nitrogens is 1. The summed E-state index contributed by atoms with van der Waals surface area (Å²) < 4.78 is 0. The highest BCUT2D eigenvalue weighted by atomic mass is 16.3. The molecule has 0 unspecified atom stereocenters. The first kappa shape index (κ1) is 18.9. The number of aliphatic hydroxyl groups excluding tert-OH is 1. The number of piperidine rings is 1. The fourth-order valence-electron chi connectivity index (χ4n) is 3.56. The second kappa shape index (κ2) is 8.29. The van der Waals surface area contributed by atoms with E-state index in [4.69, 9.17) is 6.42 Å². The summed E-state index contributed by atoms with van der Waals surface area (Å²) in [6, 6.07) is 7.29. The predicted octanol–water partition coefficient (Wildman–Crippen LogP) is 2.19. The summed E-state index contributed by atoms with van der Waals surface area (Å²) in [6.07, 6.45) is 9.75. The van der Waals surface area contributed by atoms with Crippen LogP contribution in [0.1, 0.15) is 24.8 Å². The maximum Gasteiger partial charge on any atom is 0.277 e. The Morgan fingerprint density at radius 3 is 2.69 bits per heavy atom. The molecule has 0 bridgehead atoms. The van der Waals surface area contributed by atoms with Crippen molar-refractivity contribution in [3.8, 4) is 12.3 Å². The van der Waals surface area contributed by atoms with Gasteiger partial charge in [-0.1, -0.05) is 12.1 Å². The van der Waals surface area contributed by atoms with Crippen LogP contribution in [0.4, 0.5) is 17.5 Å². The summed E-state index contributed by atoms with van der Waals surface area (Å²) in [7, 11) is 0. The number of terminal acetylenes is 1. The minimum Gasteiger partial charge on any atom is -0.392 e. The van der Waals surface area contributed by atoms with Crippen molar-refractivity contribution in [2.24, 2.45) is 5.92 Å². The number of nitrogens with zero attached hydrogens (tertiary/aromatic N) is 4. The van der Waals surface area contributed by atoms with E-state index >= 15 is 0 Å². The van der Waals surface area contributed by atoms with Gasteiger partial charge in [0.05, 0.1) is 12.8 Å². The largest absolute Gasteiger partial charge is 0.392 e. The normalized spacial score (nSPS) is 14.7. The number of benzene rings is 1. The summed E-state index contributed by atoms with van der Waals surface area (Å²) in [6.45, 7) is 1.61. The van der Waals surface area contributed by atoms with Gasteiger partial charge in [-0.3, -0.25) is 4.79 Å². The Morgan fingerprint density at radius 1 is 1.24 bits per heavy atom. The SMILES string of the molecule is C#CCC1CCN(c2nc(Nc3ccc(CO)cc3)c3c(=O)[nH]ncc3n2)CC1. The van der Waals surface area contributed by atoms with E-state index in [2.05, 4.69) is 36.3 Å². The van der Waals surface area contributed by atoms with Crippen molar-refractivity contribution in [1.29, 1.82) is 0 Å². The van der Waals surface area contributed by atoms with Crippen LogP contribution < -0.4 is 15.8 Å². The van der Waals surface area contributed by atoms with Crippen molar-refractivity contribution >= 4 is 28.4 Å². The molecule has 0 amide bonds. The summed E-state index contributed by atoms with van der Waals surface area (Å²) >= 11 is 0. The zero-order chi connectivity index (χ0) is 20.2. The second-order valence-electron chi connectivity index (χ2n) is 7.15. The van der Waals surface area contributed by atoms with Crippen molar-refractivity contribution in [3.05, 3.63) is 46.4 Å². The fraction of sp³-hybridized carbons (Fsp3) is 0.333. The average Bonchev–Trinajstić information content (AvgIpc) is 2.75. The van der Waals surface area contributed by atoms with Crippen LogP contribution in [0.25, 0.3) is 10.9 Å². The van der Waals surface area contributed by atoms with Crippen LogP contribution in [-0.2, 0) is 6.61 Å². The first-order valence-electron chi connectivity index (χ1n) is 9.58. The minimum atomic E-state index is -0.351. The molecule has 3 heterocycles. The molecule has 0 aliphatic carbocycles. The number of aromatic amines is 1. The van der Waals surface area contributed by atoms with E-state index < -0.39 is 0 Å². The zero-order valence-electron chi connectivity index (χ0n) is 15.9. The highest BCUT2D eigenvalue weighted by Gasteiger charge is 2.22. The minimum absolute atomic E-state index is 0.0260. The number of anilines is 3. The molecule has 1 aromatic carbocycles. The van der Waals surface area contributed by atoms with Gasteiger partial charge >= 0.3 is 0 Å². The molecule has 4 rings (SSSR count). The summed E-state index contributed by atoms with van der Waals surface area (Å²) in [5, 5.41) is 19.1. The lowest BCUT2D eigenvalue weighted by Crippen LogP contribution is -2.35. The number of aromatic nitrogens is 4. The molecule has 29 heavy (non-hydrogen) atoms. The van der Waals surface area contributed by atoms with Crippen molar-refractivity contribution in [2.75, 3.05) is 23.3 Å². The molecule has 1 aliphatic heterocycles. The molecule has 148 valence electrons. The molecule has 3 aromatic rings. The number of hydrogen-bond donors (Lipinski definition) is 3. The van der Waals surface area contributed by atoms with E-state index in [1.807, 2.05) is 24.3 Å². The van der Waals surface area contributed by atoms with Gasteiger partial charge in [-0.05, 0) is 36.5 Å². The van der Waals surface area contributed by atoms with Crippen LogP contribution in [0.3, 0.4) is 0 Å². The van der Waals surface area contributed by atoms with Gasteiger partial charge < -0.3 is 15.3 Å². The number of nitrogens with one attached hydrogen (secondary N) is 2. The van der Waals surface area contributed by atoms with E-state index in [0.29, 0.717) is 28.6 Å². The third kappa shape index (κ3) is 4.05.